The van der Waals surface area contributed by atoms with Gasteiger partial charge in [0.2, 0.25) is 5.91 Å². The summed E-state index contributed by atoms with van der Waals surface area (Å²) in [5, 5.41) is 9.27. The number of halogens is 7. The van der Waals surface area contributed by atoms with E-state index in [9.17, 15) is 49.5 Å². The van der Waals surface area contributed by atoms with Crippen LogP contribution in [-0.2, 0) is 29.8 Å². The molecule has 1 amide bonds. The number of carboxylic acid groups (broad SMARTS) is 1. The number of hydrogen-bond acceptors (Lipinski definition) is 5. The quantitative estimate of drug-likeness (QED) is 0.327. The lowest BCUT2D eigenvalue weighted by Gasteiger charge is -2.58. The Morgan fingerprint density at radius 1 is 0.938 bits per heavy atom. The van der Waals surface area contributed by atoms with E-state index in [0.29, 0.717) is 36.8 Å². The number of nitrogens with zero attached hydrogens (tertiary/aromatic N) is 1. The number of sulfone groups is 1. The van der Waals surface area contributed by atoms with Crippen LogP contribution in [0.2, 0.25) is 0 Å². The number of carboxylic acids is 1. The molecule has 48 heavy (non-hydrogen) atoms. The van der Waals surface area contributed by atoms with Gasteiger partial charge in [0, 0.05) is 23.6 Å². The van der Waals surface area contributed by atoms with Crippen LogP contribution < -0.4 is 4.74 Å². The van der Waals surface area contributed by atoms with Crippen molar-refractivity contribution in [3.8, 4) is 5.75 Å². The highest BCUT2D eigenvalue weighted by Gasteiger charge is 2.74. The molecule has 2 aliphatic heterocycles. The second-order valence-corrected chi connectivity index (χ2v) is 15.8. The number of piperidine rings is 1. The first-order valence-corrected chi connectivity index (χ1v) is 16.8. The fourth-order valence-corrected chi connectivity index (χ4v) is 10.6. The number of rotatable bonds is 6. The van der Waals surface area contributed by atoms with E-state index in [2.05, 4.69) is 6.58 Å². The zero-order valence-electron chi connectivity index (χ0n) is 25.6. The van der Waals surface area contributed by atoms with Crippen molar-refractivity contribution in [2.24, 2.45) is 17.3 Å². The summed E-state index contributed by atoms with van der Waals surface area (Å²) >= 11 is 0. The van der Waals surface area contributed by atoms with Crippen molar-refractivity contribution in [3.05, 3.63) is 65.7 Å². The third kappa shape index (κ3) is 4.85. The third-order valence-electron chi connectivity index (χ3n) is 10.7. The highest BCUT2D eigenvalue weighted by molar-refractivity contribution is 7.92. The molecule has 7 nitrogen and oxygen atoms in total. The van der Waals surface area contributed by atoms with Crippen LogP contribution in [0.1, 0.15) is 62.1 Å². The second-order valence-electron chi connectivity index (χ2n) is 13.6. The lowest BCUT2D eigenvalue weighted by molar-refractivity contribution is -0.348. The fourth-order valence-electron chi connectivity index (χ4n) is 8.23. The average Bonchev–Trinajstić information content (AvgIpc) is 2.96. The summed E-state index contributed by atoms with van der Waals surface area (Å²) in [6.07, 6.45) is -11.2. The molecule has 0 aromatic heterocycles. The van der Waals surface area contributed by atoms with Crippen LogP contribution in [0.25, 0.3) is 5.57 Å². The molecule has 6 rings (SSSR count). The smallest absolute Gasteiger partial charge is 0.435 e. The lowest BCUT2D eigenvalue weighted by Crippen LogP contribution is -2.66. The molecule has 1 saturated heterocycles. The molecule has 260 valence electrons. The van der Waals surface area contributed by atoms with Crippen LogP contribution in [0.4, 0.5) is 30.7 Å². The van der Waals surface area contributed by atoms with Crippen LogP contribution >= 0.6 is 0 Å². The predicted octanol–water partition coefficient (Wildman–Crippen LogP) is 6.95. The van der Waals surface area contributed by atoms with E-state index in [-0.39, 0.29) is 53.3 Å². The molecule has 2 atom stereocenters. The summed E-state index contributed by atoms with van der Waals surface area (Å²) in [4.78, 5) is 26.5. The summed E-state index contributed by atoms with van der Waals surface area (Å²) in [7, 11) is -4.57. The van der Waals surface area contributed by atoms with Crippen LogP contribution in [0, 0.1) is 17.3 Å². The Bertz CT molecular complexity index is 1760. The van der Waals surface area contributed by atoms with Gasteiger partial charge >= 0.3 is 24.0 Å². The highest BCUT2D eigenvalue weighted by atomic mass is 32.2. The molecule has 3 fully saturated rings. The van der Waals surface area contributed by atoms with E-state index in [1.165, 1.54) is 29.2 Å². The largest absolute Gasteiger partial charge is 0.491 e. The number of allylic oxidation sites excluding steroid dienone is 1. The van der Waals surface area contributed by atoms with Crippen molar-refractivity contribution in [2.45, 2.75) is 79.2 Å². The van der Waals surface area contributed by atoms with E-state index in [4.69, 9.17) is 4.74 Å². The molecule has 0 radical (unpaired) electrons. The van der Waals surface area contributed by atoms with E-state index in [1.54, 1.807) is 6.92 Å². The van der Waals surface area contributed by atoms with Crippen molar-refractivity contribution < 1.29 is 58.6 Å². The molecular formula is C33H32F7NO6S. The maximum atomic E-state index is 15.1. The van der Waals surface area contributed by atoms with E-state index in [0.717, 1.165) is 6.07 Å². The number of aliphatic carboxylic acids is 1. The lowest BCUT2D eigenvalue weighted by atomic mass is 9.48. The van der Waals surface area contributed by atoms with Gasteiger partial charge in [-0.15, -0.1) is 0 Å². The number of carbonyl (C=O) groups excluding carboxylic acids is 1. The van der Waals surface area contributed by atoms with Crippen LogP contribution in [0.5, 0.6) is 5.75 Å². The van der Waals surface area contributed by atoms with Gasteiger partial charge in [-0.25, -0.2) is 12.8 Å². The summed E-state index contributed by atoms with van der Waals surface area (Å²) in [6.45, 7) is 5.05. The molecule has 1 spiro atoms. The van der Waals surface area contributed by atoms with E-state index < -0.39 is 74.4 Å². The SMILES string of the molecule is C=C(C)c1ccc(S(=O)(=O)C23CCCN(C(=O)C4CC5(CC(C(=O)O)C5)C4)C2COc2cc(C(F)(C(F)(F)F)C(F)(F)F)ccc23)cc1. The Balaban J connectivity index is 1.44. The Labute approximate surface area is 271 Å². The maximum absolute atomic E-state index is 15.1. The molecule has 1 N–H and O–H groups in total. The van der Waals surface area contributed by atoms with Crippen molar-refractivity contribution in [2.75, 3.05) is 13.2 Å². The van der Waals surface area contributed by atoms with Gasteiger partial charge in [-0.2, -0.15) is 26.3 Å². The van der Waals surface area contributed by atoms with Gasteiger partial charge in [-0.3, -0.25) is 9.59 Å². The van der Waals surface area contributed by atoms with Gasteiger partial charge in [0.25, 0.3) is 0 Å². The Morgan fingerprint density at radius 3 is 2.06 bits per heavy atom. The van der Waals surface area contributed by atoms with Gasteiger partial charge < -0.3 is 14.7 Å². The second kappa shape index (κ2) is 10.9. The number of hydrogen-bond donors (Lipinski definition) is 1. The minimum atomic E-state index is -6.40. The van der Waals surface area contributed by atoms with Gasteiger partial charge in [-0.05, 0) is 74.6 Å². The van der Waals surface area contributed by atoms with E-state index >= 15 is 4.39 Å². The zero-order chi connectivity index (χ0) is 35.2. The molecular weight excluding hydrogens is 671 g/mol. The number of benzene rings is 2. The van der Waals surface area contributed by atoms with Gasteiger partial charge in [0.1, 0.15) is 17.1 Å². The van der Waals surface area contributed by atoms with Gasteiger partial charge in [0.05, 0.1) is 16.9 Å². The molecule has 2 unspecified atom stereocenters. The van der Waals surface area contributed by atoms with Crippen LogP contribution in [-0.4, -0.2) is 61.8 Å². The van der Waals surface area contributed by atoms with Gasteiger partial charge in [-0.1, -0.05) is 36.4 Å². The Hall–Kier alpha value is -3.62. The number of amides is 1. The number of likely N-dealkylation sites (tertiary alicyclic amines) is 1. The summed E-state index contributed by atoms with van der Waals surface area (Å²) in [5.74, 6) is -2.97. The van der Waals surface area contributed by atoms with Crippen molar-refractivity contribution in [3.63, 3.8) is 0 Å². The summed E-state index contributed by atoms with van der Waals surface area (Å²) in [6, 6.07) is 5.69. The molecule has 2 aromatic rings. The molecule has 2 heterocycles. The molecule has 2 aliphatic carbocycles. The summed E-state index contributed by atoms with van der Waals surface area (Å²) < 4.78 is 130. The zero-order valence-corrected chi connectivity index (χ0v) is 26.4. The highest BCUT2D eigenvalue weighted by Crippen LogP contribution is 2.62. The standard InChI is InChI=1S/C33H32F7NO6S/c1-18(2)19-4-7-23(8-5-19)48(45,46)30-10-3-11-41(27(42)20-13-29(14-20)15-21(16-29)28(43)44)26(30)17-47-25-12-22(6-9-24(25)30)31(34,32(35,36)37)33(38,39)40/h4-9,12,20-21,26H,1,3,10-11,13-17H2,2H3,(H,43,44). The van der Waals surface area contributed by atoms with Crippen molar-refractivity contribution >= 4 is 27.3 Å². The topological polar surface area (TPSA) is 101 Å². The molecule has 15 heteroatoms. The van der Waals surface area contributed by atoms with Crippen molar-refractivity contribution in [1.29, 1.82) is 0 Å². The Kier molecular flexibility index (Phi) is 7.81. The van der Waals surface area contributed by atoms with Crippen molar-refractivity contribution in [1.82, 2.24) is 4.90 Å². The number of ether oxygens (including phenoxy) is 1. The maximum Gasteiger partial charge on any atom is 0.435 e. The number of alkyl halides is 7. The molecule has 2 aromatic carbocycles. The normalized spacial score (nSPS) is 28.8. The first kappa shape index (κ1) is 34.3. The number of fused-ring (bicyclic) bond motifs is 3. The summed E-state index contributed by atoms with van der Waals surface area (Å²) in [5.41, 5.74) is -6.88. The average molecular weight is 704 g/mol. The first-order valence-electron chi connectivity index (χ1n) is 15.3. The minimum Gasteiger partial charge on any atom is -0.491 e. The molecule has 2 saturated carbocycles. The fraction of sp³-hybridized carbons (Fsp3) is 0.515. The number of carbonyl (C=O) groups is 2. The molecule has 4 aliphatic rings. The van der Waals surface area contributed by atoms with Crippen LogP contribution in [0.3, 0.4) is 0 Å². The minimum absolute atomic E-state index is 0.114. The predicted molar refractivity (Wildman–Crippen MR) is 157 cm³/mol. The molecule has 0 bridgehead atoms. The first-order chi connectivity index (χ1) is 22.2. The third-order valence-corrected chi connectivity index (χ3v) is 13.3. The van der Waals surface area contributed by atoms with Crippen LogP contribution in [0.15, 0.2) is 53.9 Å². The van der Waals surface area contributed by atoms with E-state index in [1.807, 2.05) is 0 Å². The van der Waals surface area contributed by atoms with Gasteiger partial charge in [0.15, 0.2) is 9.84 Å². The monoisotopic (exact) mass is 703 g/mol. The Morgan fingerprint density at radius 2 is 1.52 bits per heavy atom.